The highest BCUT2D eigenvalue weighted by atomic mass is 16.5. The molecular weight excluding hydrogens is 216 g/mol. The predicted octanol–water partition coefficient (Wildman–Crippen LogP) is 2.07. The average Bonchev–Trinajstić information content (AvgIpc) is 2.30. The van der Waals surface area contributed by atoms with Crippen molar-refractivity contribution in [2.75, 3.05) is 18.5 Å². The van der Waals surface area contributed by atoms with E-state index in [4.69, 9.17) is 10.5 Å². The van der Waals surface area contributed by atoms with Crippen molar-refractivity contribution < 1.29 is 9.53 Å². The number of hydrogen-bond donors (Lipinski definition) is 2. The van der Waals surface area contributed by atoms with E-state index in [1.54, 1.807) is 0 Å². The van der Waals surface area contributed by atoms with E-state index in [2.05, 4.69) is 5.32 Å². The molecule has 0 heterocycles. The van der Waals surface area contributed by atoms with Gasteiger partial charge in [0.1, 0.15) is 0 Å². The van der Waals surface area contributed by atoms with Crippen LogP contribution >= 0.6 is 0 Å². The van der Waals surface area contributed by atoms with Crippen LogP contribution in [-0.2, 0) is 9.53 Å². The Bertz CT molecular complexity index is 347. The van der Waals surface area contributed by atoms with Crippen molar-refractivity contribution in [3.05, 3.63) is 29.8 Å². The summed E-state index contributed by atoms with van der Waals surface area (Å²) < 4.78 is 5.12. The summed E-state index contributed by atoms with van der Waals surface area (Å²) >= 11 is 0. The first-order valence-electron chi connectivity index (χ1n) is 5.86. The number of carbonyl (C=O) groups excluding carboxylic acids is 1. The number of nitrogens with two attached hydrogens (primary N) is 1. The fourth-order valence-electron chi connectivity index (χ4n) is 1.40. The van der Waals surface area contributed by atoms with E-state index in [9.17, 15) is 4.79 Å². The molecule has 94 valence electrons. The number of nitrogens with one attached hydrogen (secondary N) is 1. The summed E-state index contributed by atoms with van der Waals surface area (Å²) in [4.78, 5) is 11.5. The van der Waals surface area contributed by atoms with Gasteiger partial charge in [0.15, 0.2) is 0 Å². The smallest absolute Gasteiger partial charge is 0.226 e. The summed E-state index contributed by atoms with van der Waals surface area (Å²) in [5.41, 5.74) is 7.58. The van der Waals surface area contributed by atoms with Crippen LogP contribution in [0.2, 0.25) is 0 Å². The molecule has 0 aliphatic rings. The fraction of sp³-hybridized carbons (Fsp3) is 0.462. The highest BCUT2D eigenvalue weighted by molar-refractivity contribution is 5.90. The average molecular weight is 236 g/mol. The van der Waals surface area contributed by atoms with E-state index >= 15 is 0 Å². The third kappa shape index (κ3) is 4.97. The van der Waals surface area contributed by atoms with E-state index in [-0.39, 0.29) is 11.9 Å². The zero-order valence-corrected chi connectivity index (χ0v) is 10.4. The van der Waals surface area contributed by atoms with Crippen LogP contribution in [0, 0.1) is 0 Å². The van der Waals surface area contributed by atoms with Crippen molar-refractivity contribution in [1.29, 1.82) is 0 Å². The standard InChI is InChI=1S/C13H20N2O2/c1-3-17-9-8-13(16)15-12-6-4-11(5-7-12)10(2)14/h4-7,10H,3,8-9,14H2,1-2H3,(H,15,16). The number of ether oxygens (including phenoxy) is 1. The SMILES string of the molecule is CCOCCC(=O)Nc1ccc(C(C)N)cc1. The summed E-state index contributed by atoms with van der Waals surface area (Å²) in [5, 5.41) is 2.81. The molecule has 4 nitrogen and oxygen atoms in total. The second-order valence-corrected chi connectivity index (χ2v) is 3.91. The molecular formula is C13H20N2O2. The molecule has 0 fully saturated rings. The van der Waals surface area contributed by atoms with Gasteiger partial charge in [-0.1, -0.05) is 12.1 Å². The van der Waals surface area contributed by atoms with Gasteiger partial charge in [-0.15, -0.1) is 0 Å². The maximum Gasteiger partial charge on any atom is 0.226 e. The first-order chi connectivity index (χ1) is 8.13. The predicted molar refractivity (Wildman–Crippen MR) is 68.8 cm³/mol. The second-order valence-electron chi connectivity index (χ2n) is 3.91. The van der Waals surface area contributed by atoms with Crippen molar-refractivity contribution in [2.45, 2.75) is 26.3 Å². The van der Waals surface area contributed by atoms with Gasteiger partial charge in [0.2, 0.25) is 5.91 Å². The topological polar surface area (TPSA) is 64.3 Å². The van der Waals surface area contributed by atoms with E-state index in [0.29, 0.717) is 19.6 Å². The minimum Gasteiger partial charge on any atom is -0.381 e. The molecule has 0 aliphatic heterocycles. The van der Waals surface area contributed by atoms with Crippen LogP contribution in [0.5, 0.6) is 0 Å². The molecule has 1 atom stereocenters. The van der Waals surface area contributed by atoms with Crippen molar-refractivity contribution in [1.82, 2.24) is 0 Å². The number of benzene rings is 1. The molecule has 0 saturated carbocycles. The van der Waals surface area contributed by atoms with Crippen LogP contribution in [0.25, 0.3) is 0 Å². The molecule has 4 heteroatoms. The van der Waals surface area contributed by atoms with E-state index < -0.39 is 0 Å². The van der Waals surface area contributed by atoms with Gasteiger partial charge >= 0.3 is 0 Å². The third-order valence-corrected chi connectivity index (χ3v) is 2.40. The first-order valence-corrected chi connectivity index (χ1v) is 5.86. The Hall–Kier alpha value is -1.39. The zero-order valence-electron chi connectivity index (χ0n) is 10.4. The molecule has 0 spiro atoms. The summed E-state index contributed by atoms with van der Waals surface area (Å²) in [5.74, 6) is -0.0352. The van der Waals surface area contributed by atoms with Crippen LogP contribution in [0.1, 0.15) is 31.9 Å². The lowest BCUT2D eigenvalue weighted by Crippen LogP contribution is -2.14. The minimum absolute atomic E-state index is 0.0118. The van der Waals surface area contributed by atoms with Crippen molar-refractivity contribution >= 4 is 11.6 Å². The minimum atomic E-state index is -0.0352. The first kappa shape index (κ1) is 13.7. The normalized spacial score (nSPS) is 12.2. The second kappa shape index (κ2) is 7.04. The number of amides is 1. The van der Waals surface area contributed by atoms with Gasteiger partial charge < -0.3 is 15.8 Å². The lowest BCUT2D eigenvalue weighted by molar-refractivity contribution is -0.117. The van der Waals surface area contributed by atoms with E-state index in [1.165, 1.54) is 0 Å². The van der Waals surface area contributed by atoms with Gasteiger partial charge in [0, 0.05) is 18.3 Å². The molecule has 0 radical (unpaired) electrons. The molecule has 1 aromatic carbocycles. The van der Waals surface area contributed by atoms with Gasteiger partial charge in [-0.3, -0.25) is 4.79 Å². The number of rotatable bonds is 6. The Labute approximate surface area is 102 Å². The summed E-state index contributed by atoms with van der Waals surface area (Å²) in [7, 11) is 0. The highest BCUT2D eigenvalue weighted by Crippen LogP contribution is 2.14. The lowest BCUT2D eigenvalue weighted by atomic mass is 10.1. The summed E-state index contributed by atoms with van der Waals surface area (Å²) in [6, 6.07) is 7.57. The number of anilines is 1. The Kier molecular flexibility index (Phi) is 5.66. The summed E-state index contributed by atoms with van der Waals surface area (Å²) in [6.07, 6.45) is 0.378. The Morgan fingerprint density at radius 2 is 2.06 bits per heavy atom. The number of hydrogen-bond acceptors (Lipinski definition) is 3. The highest BCUT2D eigenvalue weighted by Gasteiger charge is 2.03. The lowest BCUT2D eigenvalue weighted by Gasteiger charge is -2.08. The van der Waals surface area contributed by atoms with Crippen LogP contribution < -0.4 is 11.1 Å². The quantitative estimate of drug-likeness (QED) is 0.743. The molecule has 1 unspecified atom stereocenters. The van der Waals surface area contributed by atoms with Crippen LogP contribution in [0.4, 0.5) is 5.69 Å². The Morgan fingerprint density at radius 1 is 1.41 bits per heavy atom. The maximum atomic E-state index is 11.5. The van der Waals surface area contributed by atoms with E-state index in [1.807, 2.05) is 38.1 Å². The van der Waals surface area contributed by atoms with Gasteiger partial charge in [-0.2, -0.15) is 0 Å². The van der Waals surface area contributed by atoms with Crippen LogP contribution in [0.15, 0.2) is 24.3 Å². The molecule has 1 amide bonds. The molecule has 0 aromatic heterocycles. The molecule has 17 heavy (non-hydrogen) atoms. The fourth-order valence-corrected chi connectivity index (χ4v) is 1.40. The van der Waals surface area contributed by atoms with E-state index in [0.717, 1.165) is 11.3 Å². The molecule has 1 aromatic rings. The van der Waals surface area contributed by atoms with Gasteiger partial charge in [-0.25, -0.2) is 0 Å². The van der Waals surface area contributed by atoms with Gasteiger partial charge in [-0.05, 0) is 31.5 Å². The Morgan fingerprint density at radius 3 is 2.59 bits per heavy atom. The molecule has 0 saturated heterocycles. The molecule has 0 aliphatic carbocycles. The molecule has 3 N–H and O–H groups in total. The third-order valence-electron chi connectivity index (χ3n) is 2.40. The summed E-state index contributed by atoms with van der Waals surface area (Å²) in [6.45, 7) is 4.93. The molecule has 1 rings (SSSR count). The van der Waals surface area contributed by atoms with Crippen LogP contribution in [-0.4, -0.2) is 19.1 Å². The van der Waals surface area contributed by atoms with Crippen molar-refractivity contribution in [2.24, 2.45) is 5.73 Å². The Balaban J connectivity index is 2.43. The molecule has 0 bridgehead atoms. The van der Waals surface area contributed by atoms with Gasteiger partial charge in [0.05, 0.1) is 13.0 Å². The van der Waals surface area contributed by atoms with Gasteiger partial charge in [0.25, 0.3) is 0 Å². The van der Waals surface area contributed by atoms with Crippen molar-refractivity contribution in [3.63, 3.8) is 0 Å². The largest absolute Gasteiger partial charge is 0.381 e. The monoisotopic (exact) mass is 236 g/mol. The zero-order chi connectivity index (χ0) is 12.7. The number of carbonyl (C=O) groups is 1. The maximum absolute atomic E-state index is 11.5. The van der Waals surface area contributed by atoms with Crippen LogP contribution in [0.3, 0.4) is 0 Å². The van der Waals surface area contributed by atoms with Crippen molar-refractivity contribution in [3.8, 4) is 0 Å².